The van der Waals surface area contributed by atoms with Gasteiger partial charge in [-0.25, -0.2) is 0 Å². The molecule has 7 heteroatoms. The molecule has 1 aromatic heterocycles. The summed E-state index contributed by atoms with van der Waals surface area (Å²) >= 11 is 5.97. The lowest BCUT2D eigenvalue weighted by Gasteiger charge is -2.10. The van der Waals surface area contributed by atoms with Gasteiger partial charge in [-0.3, -0.25) is 9.59 Å². The van der Waals surface area contributed by atoms with Crippen molar-refractivity contribution < 1.29 is 14.3 Å². The van der Waals surface area contributed by atoms with Crippen molar-refractivity contribution in [1.82, 2.24) is 4.98 Å². The fourth-order valence-electron chi connectivity index (χ4n) is 2.78. The van der Waals surface area contributed by atoms with Crippen molar-refractivity contribution in [3.05, 3.63) is 63.4 Å². The summed E-state index contributed by atoms with van der Waals surface area (Å²) in [4.78, 5) is 27.4. The first-order valence-electron chi connectivity index (χ1n) is 8.33. The van der Waals surface area contributed by atoms with E-state index in [0.29, 0.717) is 34.2 Å². The van der Waals surface area contributed by atoms with Crippen LogP contribution in [0.15, 0.2) is 47.3 Å². The standard InChI is InChI=1S/C20H19ClN2O4/c1-26-15-5-6-16-13(10-15)9-12(20(25)23-16)3-8-19(24)22-17-11-14(21)4-7-18(17)27-2/h4-7,9-11H,3,8H2,1-2H3,(H,22,24)(H,23,25). The molecule has 6 nitrogen and oxygen atoms in total. The number of carbonyl (C=O) groups excluding carboxylic acids is 1. The number of H-pyrrole nitrogens is 1. The lowest BCUT2D eigenvalue weighted by molar-refractivity contribution is -0.116. The van der Waals surface area contributed by atoms with Gasteiger partial charge in [0.25, 0.3) is 5.56 Å². The van der Waals surface area contributed by atoms with E-state index in [1.54, 1.807) is 43.5 Å². The molecule has 140 valence electrons. The van der Waals surface area contributed by atoms with E-state index in [2.05, 4.69) is 10.3 Å². The Morgan fingerprint density at radius 3 is 2.67 bits per heavy atom. The van der Waals surface area contributed by atoms with Gasteiger partial charge in [-0.2, -0.15) is 0 Å². The Morgan fingerprint density at radius 1 is 1.11 bits per heavy atom. The zero-order chi connectivity index (χ0) is 19.4. The van der Waals surface area contributed by atoms with Crippen LogP contribution in [-0.2, 0) is 11.2 Å². The minimum absolute atomic E-state index is 0.147. The molecule has 2 N–H and O–H groups in total. The molecule has 0 unspecified atom stereocenters. The van der Waals surface area contributed by atoms with E-state index < -0.39 is 0 Å². The molecule has 0 aliphatic heterocycles. The third kappa shape index (κ3) is 4.41. The van der Waals surface area contributed by atoms with Crippen molar-refractivity contribution in [3.63, 3.8) is 0 Å². The molecule has 3 rings (SSSR count). The van der Waals surface area contributed by atoms with Crippen LogP contribution in [0.5, 0.6) is 11.5 Å². The molecule has 27 heavy (non-hydrogen) atoms. The summed E-state index contributed by atoms with van der Waals surface area (Å²) in [7, 11) is 3.10. The number of benzene rings is 2. The van der Waals surface area contributed by atoms with Crippen molar-refractivity contribution in [3.8, 4) is 11.5 Å². The first kappa shape index (κ1) is 18.8. The van der Waals surface area contributed by atoms with Gasteiger partial charge < -0.3 is 19.8 Å². The number of methoxy groups -OCH3 is 2. The Bertz CT molecular complexity index is 1050. The van der Waals surface area contributed by atoms with Gasteiger partial charge in [0.2, 0.25) is 5.91 Å². The minimum atomic E-state index is -0.235. The number of pyridine rings is 1. The Labute approximate surface area is 161 Å². The maximum atomic E-state index is 12.3. The topological polar surface area (TPSA) is 80.4 Å². The predicted molar refractivity (Wildman–Crippen MR) is 106 cm³/mol. The average molecular weight is 387 g/mol. The van der Waals surface area contributed by atoms with Crippen LogP contribution < -0.4 is 20.3 Å². The van der Waals surface area contributed by atoms with Crippen LogP contribution in [0.2, 0.25) is 5.02 Å². The van der Waals surface area contributed by atoms with Crippen LogP contribution in [0.3, 0.4) is 0 Å². The molecule has 2 aromatic carbocycles. The Balaban J connectivity index is 1.74. The molecular formula is C20H19ClN2O4. The number of hydrogen-bond acceptors (Lipinski definition) is 4. The van der Waals surface area contributed by atoms with Crippen molar-refractivity contribution in [2.75, 3.05) is 19.5 Å². The maximum Gasteiger partial charge on any atom is 0.251 e. The first-order valence-corrected chi connectivity index (χ1v) is 8.71. The summed E-state index contributed by atoms with van der Waals surface area (Å²) in [5.41, 5.74) is 1.54. The molecule has 0 aliphatic carbocycles. The number of anilines is 1. The second-order valence-electron chi connectivity index (χ2n) is 5.97. The molecule has 0 radical (unpaired) electrons. The number of carbonyl (C=O) groups is 1. The average Bonchev–Trinajstić information content (AvgIpc) is 2.66. The third-order valence-electron chi connectivity index (χ3n) is 4.19. The fraction of sp³-hybridized carbons (Fsp3) is 0.200. The fourth-order valence-corrected chi connectivity index (χ4v) is 2.95. The molecular weight excluding hydrogens is 368 g/mol. The summed E-state index contributed by atoms with van der Waals surface area (Å²) in [5.74, 6) is 0.982. The monoisotopic (exact) mass is 386 g/mol. The summed E-state index contributed by atoms with van der Waals surface area (Å²) in [6, 6.07) is 12.2. The molecule has 0 saturated carbocycles. The van der Waals surface area contributed by atoms with Crippen LogP contribution in [0.4, 0.5) is 5.69 Å². The normalized spacial score (nSPS) is 10.6. The van der Waals surface area contributed by atoms with E-state index in [1.807, 2.05) is 6.07 Å². The number of nitrogens with one attached hydrogen (secondary N) is 2. The molecule has 0 spiro atoms. The van der Waals surface area contributed by atoms with Gasteiger partial charge in [-0.1, -0.05) is 11.6 Å². The van der Waals surface area contributed by atoms with Crippen LogP contribution in [0.25, 0.3) is 10.9 Å². The highest BCUT2D eigenvalue weighted by molar-refractivity contribution is 6.31. The third-order valence-corrected chi connectivity index (χ3v) is 4.42. The van der Waals surface area contributed by atoms with E-state index in [-0.39, 0.29) is 17.9 Å². The zero-order valence-electron chi connectivity index (χ0n) is 15.0. The Morgan fingerprint density at radius 2 is 1.93 bits per heavy atom. The van der Waals surface area contributed by atoms with Gasteiger partial charge in [-0.05, 0) is 48.9 Å². The van der Waals surface area contributed by atoms with Gasteiger partial charge in [-0.15, -0.1) is 0 Å². The van der Waals surface area contributed by atoms with Crippen LogP contribution in [-0.4, -0.2) is 25.1 Å². The number of fused-ring (bicyclic) bond motifs is 1. The number of aromatic nitrogens is 1. The number of amides is 1. The number of aromatic amines is 1. The second kappa shape index (κ2) is 8.14. The number of rotatable bonds is 6. The van der Waals surface area contributed by atoms with Crippen molar-refractivity contribution in [2.24, 2.45) is 0 Å². The molecule has 0 atom stereocenters. The van der Waals surface area contributed by atoms with Crippen LogP contribution >= 0.6 is 11.6 Å². The summed E-state index contributed by atoms with van der Waals surface area (Å²) in [6.07, 6.45) is 0.450. The van der Waals surface area contributed by atoms with Gasteiger partial charge in [0, 0.05) is 27.9 Å². The zero-order valence-corrected chi connectivity index (χ0v) is 15.7. The molecule has 1 amide bonds. The minimum Gasteiger partial charge on any atom is -0.497 e. The summed E-state index contributed by atoms with van der Waals surface area (Å²) in [5, 5.41) is 4.11. The van der Waals surface area contributed by atoms with Gasteiger partial charge in [0.15, 0.2) is 0 Å². The summed E-state index contributed by atoms with van der Waals surface area (Å²) < 4.78 is 10.4. The van der Waals surface area contributed by atoms with Crippen LogP contribution in [0.1, 0.15) is 12.0 Å². The van der Waals surface area contributed by atoms with E-state index in [0.717, 1.165) is 10.9 Å². The molecule has 0 bridgehead atoms. The van der Waals surface area contributed by atoms with Crippen molar-refractivity contribution >= 4 is 34.1 Å². The Kier molecular flexibility index (Phi) is 5.66. The predicted octanol–water partition coefficient (Wildman–Crippen LogP) is 3.77. The number of ether oxygens (including phenoxy) is 2. The SMILES string of the molecule is COc1ccc2[nH]c(=O)c(CCC(=O)Nc3cc(Cl)ccc3OC)cc2c1. The Hall–Kier alpha value is -2.99. The maximum absolute atomic E-state index is 12.3. The number of aryl methyl sites for hydroxylation is 1. The highest BCUT2D eigenvalue weighted by Gasteiger charge is 2.11. The lowest BCUT2D eigenvalue weighted by Crippen LogP contribution is -2.17. The number of hydrogen-bond donors (Lipinski definition) is 2. The van der Waals surface area contributed by atoms with E-state index >= 15 is 0 Å². The highest BCUT2D eigenvalue weighted by Crippen LogP contribution is 2.27. The molecule has 1 heterocycles. The quantitative estimate of drug-likeness (QED) is 0.675. The van der Waals surface area contributed by atoms with Crippen molar-refractivity contribution in [2.45, 2.75) is 12.8 Å². The van der Waals surface area contributed by atoms with Crippen molar-refractivity contribution in [1.29, 1.82) is 0 Å². The van der Waals surface area contributed by atoms with Crippen LogP contribution in [0, 0.1) is 0 Å². The molecule has 3 aromatic rings. The number of halogens is 1. The van der Waals surface area contributed by atoms with Gasteiger partial charge >= 0.3 is 0 Å². The second-order valence-corrected chi connectivity index (χ2v) is 6.41. The molecule has 0 saturated heterocycles. The largest absolute Gasteiger partial charge is 0.497 e. The lowest BCUT2D eigenvalue weighted by atomic mass is 10.1. The van der Waals surface area contributed by atoms with E-state index in [1.165, 1.54) is 7.11 Å². The smallest absolute Gasteiger partial charge is 0.251 e. The van der Waals surface area contributed by atoms with Gasteiger partial charge in [0.05, 0.1) is 19.9 Å². The molecule has 0 aliphatic rings. The van der Waals surface area contributed by atoms with E-state index in [4.69, 9.17) is 21.1 Å². The highest BCUT2D eigenvalue weighted by atomic mass is 35.5. The summed E-state index contributed by atoms with van der Waals surface area (Å²) in [6.45, 7) is 0. The first-order chi connectivity index (χ1) is 13.0. The van der Waals surface area contributed by atoms with Gasteiger partial charge in [0.1, 0.15) is 11.5 Å². The molecule has 0 fully saturated rings. The van der Waals surface area contributed by atoms with E-state index in [9.17, 15) is 9.59 Å².